The van der Waals surface area contributed by atoms with Crippen molar-refractivity contribution in [3.63, 3.8) is 0 Å². The second-order valence-electron chi connectivity index (χ2n) is 6.32. The summed E-state index contributed by atoms with van der Waals surface area (Å²) in [5.74, 6) is 0. The van der Waals surface area contributed by atoms with E-state index < -0.39 is 0 Å². The number of rotatable bonds is 4. The van der Waals surface area contributed by atoms with E-state index in [1.807, 2.05) is 0 Å². The lowest BCUT2D eigenvalue weighted by Gasteiger charge is -2.34. The normalized spacial score (nSPS) is 30.8. The van der Waals surface area contributed by atoms with Crippen LogP contribution in [0.4, 0.5) is 0 Å². The van der Waals surface area contributed by atoms with Crippen LogP contribution in [-0.2, 0) is 4.74 Å². The Hall–Kier alpha value is -0.0800. The number of nitrogens with one attached hydrogen (secondary N) is 1. The van der Waals surface area contributed by atoms with Crippen LogP contribution in [0.1, 0.15) is 58.8 Å². The summed E-state index contributed by atoms with van der Waals surface area (Å²) in [5.41, 5.74) is 0.590. The molecule has 2 fully saturated rings. The Morgan fingerprint density at radius 3 is 2.56 bits per heavy atom. The molecule has 0 bridgehead atoms. The fourth-order valence-corrected chi connectivity index (χ4v) is 2.92. The molecule has 16 heavy (non-hydrogen) atoms. The van der Waals surface area contributed by atoms with Crippen molar-refractivity contribution in [1.82, 2.24) is 5.32 Å². The minimum atomic E-state index is 0.549. The molecule has 2 rings (SSSR count). The molecular weight excluding hydrogens is 198 g/mol. The van der Waals surface area contributed by atoms with Gasteiger partial charge in [-0.2, -0.15) is 0 Å². The van der Waals surface area contributed by atoms with Gasteiger partial charge in [-0.15, -0.1) is 0 Å². The molecule has 0 amide bonds. The van der Waals surface area contributed by atoms with E-state index in [-0.39, 0.29) is 0 Å². The van der Waals surface area contributed by atoms with E-state index in [9.17, 15) is 0 Å². The average Bonchev–Trinajstić information content (AvgIpc) is 2.73. The van der Waals surface area contributed by atoms with Gasteiger partial charge in [-0.25, -0.2) is 0 Å². The van der Waals surface area contributed by atoms with Crippen molar-refractivity contribution in [2.75, 3.05) is 13.2 Å². The summed E-state index contributed by atoms with van der Waals surface area (Å²) >= 11 is 0. The van der Waals surface area contributed by atoms with Gasteiger partial charge >= 0.3 is 0 Å². The third kappa shape index (κ3) is 3.74. The van der Waals surface area contributed by atoms with Crippen LogP contribution in [0.5, 0.6) is 0 Å². The Morgan fingerprint density at radius 1 is 1.19 bits per heavy atom. The Morgan fingerprint density at radius 2 is 1.94 bits per heavy atom. The zero-order valence-electron chi connectivity index (χ0n) is 10.9. The van der Waals surface area contributed by atoms with Gasteiger partial charge < -0.3 is 10.1 Å². The summed E-state index contributed by atoms with van der Waals surface area (Å²) in [6, 6.07) is 0.773. The van der Waals surface area contributed by atoms with Crippen molar-refractivity contribution >= 4 is 0 Å². The van der Waals surface area contributed by atoms with Crippen LogP contribution in [-0.4, -0.2) is 25.3 Å². The highest BCUT2D eigenvalue weighted by Crippen LogP contribution is 2.34. The van der Waals surface area contributed by atoms with Crippen LogP contribution in [0.25, 0.3) is 0 Å². The minimum Gasteiger partial charge on any atom is -0.378 e. The van der Waals surface area contributed by atoms with Gasteiger partial charge in [0, 0.05) is 12.6 Å². The quantitative estimate of drug-likeness (QED) is 0.794. The monoisotopic (exact) mass is 225 g/mol. The van der Waals surface area contributed by atoms with Gasteiger partial charge in [-0.3, -0.25) is 0 Å². The molecule has 1 unspecified atom stereocenters. The molecule has 1 saturated carbocycles. The van der Waals surface area contributed by atoms with Gasteiger partial charge in [0.15, 0.2) is 0 Å². The topological polar surface area (TPSA) is 21.3 Å². The Bertz CT molecular complexity index is 199. The first-order valence-corrected chi connectivity index (χ1v) is 7.01. The molecule has 1 heterocycles. The molecule has 0 aromatic rings. The molecule has 1 atom stereocenters. The molecule has 1 aliphatic carbocycles. The van der Waals surface area contributed by atoms with Gasteiger partial charge in [0.2, 0.25) is 0 Å². The summed E-state index contributed by atoms with van der Waals surface area (Å²) in [7, 11) is 0. The van der Waals surface area contributed by atoms with Gasteiger partial charge in [-0.05, 0) is 56.9 Å². The second kappa shape index (κ2) is 5.50. The van der Waals surface area contributed by atoms with Crippen LogP contribution in [0.15, 0.2) is 0 Å². The van der Waals surface area contributed by atoms with E-state index in [0.717, 1.165) is 19.2 Å². The molecule has 0 radical (unpaired) electrons. The lowest BCUT2D eigenvalue weighted by molar-refractivity contribution is 0.102. The van der Waals surface area contributed by atoms with Gasteiger partial charge in [0.1, 0.15) is 0 Å². The molecule has 1 saturated heterocycles. The molecule has 0 aromatic carbocycles. The third-order valence-corrected chi connectivity index (χ3v) is 4.26. The van der Waals surface area contributed by atoms with E-state index in [2.05, 4.69) is 19.2 Å². The van der Waals surface area contributed by atoms with E-state index in [1.54, 1.807) is 0 Å². The summed E-state index contributed by atoms with van der Waals surface area (Å²) < 4.78 is 5.64. The summed E-state index contributed by atoms with van der Waals surface area (Å²) in [6.45, 7) is 6.93. The molecule has 2 heteroatoms. The number of ether oxygens (including phenoxy) is 1. The first kappa shape index (κ1) is 12.4. The third-order valence-electron chi connectivity index (χ3n) is 4.26. The predicted molar refractivity (Wildman–Crippen MR) is 67.6 cm³/mol. The van der Waals surface area contributed by atoms with Crippen molar-refractivity contribution in [3.05, 3.63) is 0 Å². The van der Waals surface area contributed by atoms with Crippen molar-refractivity contribution in [2.24, 2.45) is 5.41 Å². The predicted octanol–water partition coefficient (Wildman–Crippen LogP) is 3.11. The average molecular weight is 225 g/mol. The highest BCUT2D eigenvalue weighted by Gasteiger charge is 2.26. The van der Waals surface area contributed by atoms with Crippen LogP contribution in [0.2, 0.25) is 0 Å². The first-order valence-electron chi connectivity index (χ1n) is 7.01. The Kier molecular flexibility index (Phi) is 4.26. The largest absolute Gasteiger partial charge is 0.378 e. The smallest absolute Gasteiger partial charge is 0.0588 e. The fraction of sp³-hybridized carbons (Fsp3) is 1.00. The summed E-state index contributed by atoms with van der Waals surface area (Å²) in [4.78, 5) is 0. The van der Waals surface area contributed by atoms with E-state index in [0.29, 0.717) is 11.5 Å². The molecule has 0 spiro atoms. The molecular formula is C14H27NO. The zero-order chi connectivity index (χ0) is 11.4. The molecule has 1 aliphatic heterocycles. The molecule has 0 aromatic heterocycles. The van der Waals surface area contributed by atoms with Gasteiger partial charge in [0.25, 0.3) is 0 Å². The van der Waals surface area contributed by atoms with Crippen LogP contribution >= 0.6 is 0 Å². The van der Waals surface area contributed by atoms with E-state index in [4.69, 9.17) is 4.74 Å². The molecule has 2 nitrogen and oxygen atoms in total. The molecule has 2 aliphatic rings. The Balaban J connectivity index is 1.56. The molecule has 94 valence electrons. The highest BCUT2D eigenvalue weighted by atomic mass is 16.5. The van der Waals surface area contributed by atoms with Crippen molar-refractivity contribution in [3.8, 4) is 0 Å². The zero-order valence-corrected chi connectivity index (χ0v) is 10.9. The highest BCUT2D eigenvalue weighted by molar-refractivity contribution is 4.82. The van der Waals surface area contributed by atoms with Crippen molar-refractivity contribution < 1.29 is 4.74 Å². The number of hydrogen-bond donors (Lipinski definition) is 1. The molecule has 1 N–H and O–H groups in total. The summed E-state index contributed by atoms with van der Waals surface area (Å²) in [5, 5.41) is 3.71. The van der Waals surface area contributed by atoms with Crippen LogP contribution < -0.4 is 5.32 Å². The van der Waals surface area contributed by atoms with E-state index in [1.165, 1.54) is 44.9 Å². The van der Waals surface area contributed by atoms with Crippen LogP contribution in [0, 0.1) is 5.41 Å². The second-order valence-corrected chi connectivity index (χ2v) is 6.32. The number of hydrogen-bond acceptors (Lipinski definition) is 2. The lowest BCUT2D eigenvalue weighted by Crippen LogP contribution is -2.36. The van der Waals surface area contributed by atoms with Crippen LogP contribution in [0.3, 0.4) is 0 Å². The SMILES string of the molecule is CC1(C)CCC(NCCC2CCCO2)CC1. The summed E-state index contributed by atoms with van der Waals surface area (Å²) in [6.07, 6.45) is 9.78. The maximum absolute atomic E-state index is 5.64. The minimum absolute atomic E-state index is 0.549. The van der Waals surface area contributed by atoms with Gasteiger partial charge in [-0.1, -0.05) is 13.8 Å². The maximum atomic E-state index is 5.64. The van der Waals surface area contributed by atoms with Crippen molar-refractivity contribution in [1.29, 1.82) is 0 Å². The van der Waals surface area contributed by atoms with Crippen molar-refractivity contribution in [2.45, 2.75) is 70.9 Å². The Labute approximate surface area is 100 Å². The van der Waals surface area contributed by atoms with E-state index >= 15 is 0 Å². The lowest BCUT2D eigenvalue weighted by atomic mass is 9.75. The van der Waals surface area contributed by atoms with Gasteiger partial charge in [0.05, 0.1) is 6.10 Å². The standard InChI is InChI=1S/C14H27NO/c1-14(2)8-5-12(6-9-14)15-10-7-13-4-3-11-16-13/h12-13,15H,3-11H2,1-2H3. The maximum Gasteiger partial charge on any atom is 0.0588 e. The fourth-order valence-electron chi connectivity index (χ4n) is 2.92. The first-order chi connectivity index (χ1) is 7.66.